The van der Waals surface area contributed by atoms with Gasteiger partial charge in [-0.3, -0.25) is 28.9 Å². The number of anilines is 1. The Balaban J connectivity index is 1.43. The van der Waals surface area contributed by atoms with Gasteiger partial charge in [-0.2, -0.15) is 0 Å². The molecular formula is C52H53N3O12. The number of phenolic OH excluding ortho intramolecular Hbond substituents is 1. The summed E-state index contributed by atoms with van der Waals surface area (Å²) in [7, 11) is 3.75. The van der Waals surface area contributed by atoms with Gasteiger partial charge in [-0.15, -0.1) is 0 Å². The summed E-state index contributed by atoms with van der Waals surface area (Å²) in [6.07, 6.45) is 1.97. The van der Waals surface area contributed by atoms with E-state index >= 15 is 14.4 Å². The van der Waals surface area contributed by atoms with E-state index in [2.05, 4.69) is 11.8 Å². The fourth-order valence-electron chi connectivity index (χ4n) is 10.3. The molecule has 0 saturated carbocycles. The molecule has 3 amide bonds. The first-order valence-corrected chi connectivity index (χ1v) is 22.5. The van der Waals surface area contributed by atoms with E-state index in [-0.39, 0.29) is 36.6 Å². The molecular weight excluding hydrogens is 859 g/mol. The first kappa shape index (κ1) is 46.5. The Morgan fingerprint density at radius 3 is 2.01 bits per heavy atom. The fourth-order valence-corrected chi connectivity index (χ4v) is 10.3. The second-order valence-corrected chi connectivity index (χ2v) is 17.0. The Morgan fingerprint density at radius 1 is 0.761 bits per heavy atom. The zero-order valence-electron chi connectivity index (χ0n) is 37.6. The highest BCUT2D eigenvalue weighted by atomic mass is 16.6. The third-order valence-corrected chi connectivity index (χ3v) is 13.3. The van der Waals surface area contributed by atoms with Crippen LogP contribution in [0.2, 0.25) is 0 Å². The molecule has 6 unspecified atom stereocenters. The van der Waals surface area contributed by atoms with Gasteiger partial charge >= 0.3 is 24.0 Å². The maximum absolute atomic E-state index is 16.4. The zero-order valence-corrected chi connectivity index (χ0v) is 37.6. The lowest BCUT2D eigenvalue weighted by atomic mass is 9.64. The summed E-state index contributed by atoms with van der Waals surface area (Å²) in [5.74, 6) is -0.619. The smallest absolute Gasteiger partial charge is 0.421 e. The van der Waals surface area contributed by atoms with Crippen LogP contribution in [-0.2, 0) is 53.1 Å². The molecule has 3 fully saturated rings. The summed E-state index contributed by atoms with van der Waals surface area (Å²) in [5, 5.41) is 10.7. The van der Waals surface area contributed by atoms with Crippen LogP contribution in [0.3, 0.4) is 0 Å². The largest absolute Gasteiger partial charge is 0.508 e. The van der Waals surface area contributed by atoms with E-state index < -0.39 is 77.3 Å². The van der Waals surface area contributed by atoms with E-state index in [1.807, 2.05) is 65.6 Å². The number of phenols is 1. The van der Waals surface area contributed by atoms with Gasteiger partial charge in [-0.1, -0.05) is 104 Å². The number of imide groups is 1. The summed E-state index contributed by atoms with van der Waals surface area (Å²) >= 11 is 0. The number of hydrogen-bond donors (Lipinski definition) is 1. The lowest BCUT2D eigenvalue weighted by Crippen LogP contribution is -2.56. The molecule has 67 heavy (non-hydrogen) atoms. The number of hydrogen-bond acceptors (Lipinski definition) is 13. The predicted octanol–water partition coefficient (Wildman–Crippen LogP) is 6.34. The van der Waals surface area contributed by atoms with Gasteiger partial charge in [0.15, 0.2) is 5.92 Å². The van der Waals surface area contributed by atoms with Gasteiger partial charge < -0.3 is 33.7 Å². The van der Waals surface area contributed by atoms with Crippen LogP contribution in [0.25, 0.3) is 0 Å². The molecule has 4 aliphatic rings. The Morgan fingerprint density at radius 2 is 1.39 bits per heavy atom. The molecule has 4 aromatic rings. The quantitative estimate of drug-likeness (QED) is 0.0614. The van der Waals surface area contributed by atoms with Crippen LogP contribution < -0.4 is 4.90 Å². The van der Waals surface area contributed by atoms with Crippen molar-refractivity contribution >= 4 is 41.5 Å². The topological polar surface area (TPSA) is 179 Å². The lowest BCUT2D eigenvalue weighted by Gasteiger charge is -2.46. The Labute approximate surface area is 388 Å². The number of nitrogens with zero attached hydrogens (tertiary/aromatic N) is 3. The molecule has 348 valence electrons. The van der Waals surface area contributed by atoms with Crippen molar-refractivity contribution in [1.29, 1.82) is 0 Å². The first-order valence-electron chi connectivity index (χ1n) is 22.5. The normalized spacial score (nSPS) is 23.6. The number of carbonyl (C=O) groups excluding carboxylic acids is 6. The summed E-state index contributed by atoms with van der Waals surface area (Å²) in [6, 6.07) is 26.4. The Kier molecular flexibility index (Phi) is 14.0. The number of fused-ring (bicyclic) bond motifs is 3. The molecule has 1 spiro atoms. The van der Waals surface area contributed by atoms with Crippen molar-refractivity contribution in [3.05, 3.63) is 131 Å². The van der Waals surface area contributed by atoms with Gasteiger partial charge in [0, 0.05) is 32.2 Å². The highest BCUT2D eigenvalue weighted by molar-refractivity contribution is 6.23. The van der Waals surface area contributed by atoms with Crippen LogP contribution in [0.15, 0.2) is 103 Å². The van der Waals surface area contributed by atoms with Gasteiger partial charge in [0.25, 0.3) is 0 Å². The molecule has 8 rings (SSSR count). The Bertz CT molecular complexity index is 2540. The summed E-state index contributed by atoms with van der Waals surface area (Å²) < 4.78 is 27.1. The van der Waals surface area contributed by atoms with Crippen LogP contribution in [0.5, 0.6) is 5.75 Å². The number of benzene rings is 4. The molecule has 15 nitrogen and oxygen atoms in total. The monoisotopic (exact) mass is 911 g/mol. The van der Waals surface area contributed by atoms with Crippen LogP contribution in [0, 0.1) is 23.7 Å². The van der Waals surface area contributed by atoms with Gasteiger partial charge in [-0.05, 0) is 65.4 Å². The third kappa shape index (κ3) is 8.63. The molecule has 4 aromatic carbocycles. The van der Waals surface area contributed by atoms with Crippen molar-refractivity contribution in [3.63, 3.8) is 0 Å². The average molecular weight is 912 g/mol. The van der Waals surface area contributed by atoms with Crippen molar-refractivity contribution in [2.75, 3.05) is 52.5 Å². The van der Waals surface area contributed by atoms with E-state index in [0.717, 1.165) is 43.9 Å². The molecule has 15 heteroatoms. The number of amides is 3. The number of aromatic hydroxyl groups is 1. The number of methoxy groups -OCH3 is 3. The number of carbonyl (C=O) groups is 6. The molecule has 1 N–H and O–H groups in total. The van der Waals surface area contributed by atoms with Gasteiger partial charge in [0.05, 0.1) is 44.5 Å². The highest BCUT2D eigenvalue weighted by Crippen LogP contribution is 2.66. The number of ether oxygens (including phenoxy) is 5. The predicted molar refractivity (Wildman–Crippen MR) is 242 cm³/mol. The summed E-state index contributed by atoms with van der Waals surface area (Å²) in [6.45, 7) is 0.595. The zero-order chi connectivity index (χ0) is 47.2. The molecule has 6 atom stereocenters. The van der Waals surface area contributed by atoms with Crippen LogP contribution in [-0.4, -0.2) is 104 Å². The first-order chi connectivity index (χ1) is 32.6. The van der Waals surface area contributed by atoms with E-state index in [9.17, 15) is 19.5 Å². The van der Waals surface area contributed by atoms with Crippen LogP contribution in [0.4, 0.5) is 10.5 Å². The standard InChI is InChI=1S/C52H53N3O12/c1-63-30-31-66-51(62)54-40-27-22-33(16-15-21-38(47(58)64-2)48(59)65-3)32-39(40)52(50(54)61)41(46(57)53-28-13-5-4-6-14-29-53)43-49(60)67-44(35-19-11-8-12-20-35)42(34-17-9-7-10-18-34)55(43)45(52)36-23-25-37(56)26-24-36/h7-12,17-20,22-27,32,38,41-45,56H,4-6,13-14,21,28-31H2,1-3H3. The minimum absolute atomic E-state index is 0.0337. The van der Waals surface area contributed by atoms with Crippen molar-refractivity contribution < 1.29 is 57.6 Å². The van der Waals surface area contributed by atoms with Gasteiger partial charge in [0.1, 0.15) is 29.9 Å². The van der Waals surface area contributed by atoms with E-state index in [1.165, 1.54) is 19.2 Å². The fraction of sp³-hybridized carbons (Fsp3) is 0.385. The minimum atomic E-state index is -2.06. The maximum atomic E-state index is 16.4. The van der Waals surface area contributed by atoms with Crippen molar-refractivity contribution in [2.24, 2.45) is 11.8 Å². The van der Waals surface area contributed by atoms with E-state index in [1.54, 1.807) is 35.2 Å². The molecule has 0 aromatic heterocycles. The van der Waals surface area contributed by atoms with Crippen molar-refractivity contribution in [1.82, 2.24) is 9.80 Å². The maximum Gasteiger partial charge on any atom is 0.421 e. The van der Waals surface area contributed by atoms with Crippen LogP contribution in [0.1, 0.15) is 84.5 Å². The summed E-state index contributed by atoms with van der Waals surface area (Å²) in [5.41, 5.74) is 0.461. The SMILES string of the molecule is COCCOC(=O)N1C(=O)C2(c3cc(C#CCC(C(=O)OC)C(=O)OC)ccc31)C(C(=O)N1CCCCCCC1)C1C(=O)OC(c3ccccc3)C(c3ccccc3)N1C2c1ccc(O)cc1. The number of esters is 3. The average Bonchev–Trinajstić information content (AvgIpc) is 3.79. The van der Waals surface area contributed by atoms with Crippen molar-refractivity contribution in [3.8, 4) is 17.6 Å². The van der Waals surface area contributed by atoms with E-state index in [0.29, 0.717) is 42.6 Å². The Hall–Kier alpha value is -7.02. The second-order valence-electron chi connectivity index (χ2n) is 17.0. The second kappa shape index (κ2) is 20.2. The van der Waals surface area contributed by atoms with Gasteiger partial charge in [-0.25, -0.2) is 9.69 Å². The molecule has 0 aliphatic carbocycles. The third-order valence-electron chi connectivity index (χ3n) is 13.3. The molecule has 4 aliphatic heterocycles. The van der Waals surface area contributed by atoms with Crippen LogP contribution >= 0.6 is 0 Å². The molecule has 0 bridgehead atoms. The number of rotatable bonds is 10. The van der Waals surface area contributed by atoms with Gasteiger partial charge in [0.2, 0.25) is 11.8 Å². The number of cyclic esters (lactones) is 1. The minimum Gasteiger partial charge on any atom is -0.508 e. The van der Waals surface area contributed by atoms with E-state index in [4.69, 9.17) is 23.7 Å². The molecule has 4 heterocycles. The number of likely N-dealkylation sites (tertiary alicyclic amines) is 1. The van der Waals surface area contributed by atoms with Crippen molar-refractivity contribution in [2.45, 2.75) is 68.2 Å². The summed E-state index contributed by atoms with van der Waals surface area (Å²) in [4.78, 5) is 92.0. The lowest BCUT2D eigenvalue weighted by molar-refractivity contribution is -0.179. The number of morpholine rings is 1. The highest BCUT2D eigenvalue weighted by Gasteiger charge is 2.76. The molecule has 0 radical (unpaired) electrons. The molecule has 3 saturated heterocycles.